The molecule has 0 saturated heterocycles. The Balaban J connectivity index is 4.17. The summed E-state index contributed by atoms with van der Waals surface area (Å²) in [5, 5.41) is 0. The number of ether oxygens (including phenoxy) is 2. The van der Waals surface area contributed by atoms with Crippen LogP contribution in [0.4, 0.5) is 0 Å². The van der Waals surface area contributed by atoms with E-state index in [9.17, 15) is 14.3 Å². The fraction of sp³-hybridized carbons (Fsp3) is 0.800. The van der Waals surface area contributed by atoms with Gasteiger partial charge in [0.25, 0.3) is 7.82 Å². The maximum absolute atomic E-state index is 12.8. The van der Waals surface area contributed by atoms with E-state index in [1.165, 1.54) is 148 Å². The molecule has 0 aromatic carbocycles. The van der Waals surface area contributed by atoms with Gasteiger partial charge in [-0.2, -0.15) is 0 Å². The van der Waals surface area contributed by atoms with Crippen molar-refractivity contribution in [1.29, 1.82) is 0 Å². The number of likely N-dealkylation sites (N-methyl/N-ethyl adjacent to an activating group) is 1. The fourth-order valence-corrected chi connectivity index (χ4v) is 7.90. The first kappa shape index (κ1) is 62.2. The monoisotopic (exact) mass is 920 g/mol. The maximum atomic E-state index is 12.8. The number of quaternary nitrogens is 1. The molecule has 2 unspecified atom stereocenters. The Labute approximate surface area is 396 Å². The number of phosphoric ester groups is 1. The first-order chi connectivity index (χ1) is 31.1. The molecule has 0 aliphatic rings. The molecule has 64 heavy (non-hydrogen) atoms. The Hall–Kier alpha value is -1.80. The highest BCUT2D eigenvalue weighted by Gasteiger charge is 2.20. The van der Waals surface area contributed by atoms with Gasteiger partial charge in [-0.15, -0.1) is 0 Å². The lowest BCUT2D eigenvalue weighted by Gasteiger charge is -2.28. The van der Waals surface area contributed by atoms with Crippen molar-refractivity contribution in [3.8, 4) is 0 Å². The average Bonchev–Trinajstić information content (AvgIpc) is 3.25. The van der Waals surface area contributed by atoms with Crippen LogP contribution in [-0.4, -0.2) is 70.7 Å². The van der Waals surface area contributed by atoms with Crippen molar-refractivity contribution in [3.63, 3.8) is 0 Å². The number of hydrogen-bond donors (Lipinski definition) is 0. The SMILES string of the molecule is CCCCCC/C=C\C/C=C\CCCCCCCCCCOCC(COP(=O)([O-])OCC[N+](C)(C)C)OC(=O)CCCCCCCCCC/C=C\C/C=C\C/C=C\CCCCCCC. The molecule has 0 aliphatic heterocycles. The van der Waals surface area contributed by atoms with Gasteiger partial charge in [0.05, 0.1) is 34.4 Å². The summed E-state index contributed by atoms with van der Waals surface area (Å²) in [4.78, 5) is 25.2. The van der Waals surface area contributed by atoms with Crippen molar-refractivity contribution in [2.45, 2.75) is 232 Å². The topological polar surface area (TPSA) is 94.1 Å². The van der Waals surface area contributed by atoms with Gasteiger partial charge in [0, 0.05) is 13.0 Å². The molecule has 0 aromatic heterocycles. The van der Waals surface area contributed by atoms with Crippen LogP contribution in [0.2, 0.25) is 0 Å². The highest BCUT2D eigenvalue weighted by atomic mass is 31.2. The van der Waals surface area contributed by atoms with E-state index in [0.717, 1.165) is 57.8 Å². The second kappa shape index (κ2) is 47.7. The van der Waals surface area contributed by atoms with Gasteiger partial charge < -0.3 is 27.9 Å². The summed E-state index contributed by atoms with van der Waals surface area (Å²) in [7, 11) is 1.34. The number of nitrogens with zero attached hydrogens (tertiary/aromatic N) is 1. The molecule has 9 heteroatoms. The minimum atomic E-state index is -4.54. The number of carbonyl (C=O) groups excluding carboxylic acids is 1. The largest absolute Gasteiger partial charge is 0.756 e. The molecule has 0 heterocycles. The normalized spacial score (nSPS) is 14.0. The average molecular weight is 920 g/mol. The second-order valence-electron chi connectivity index (χ2n) is 18.9. The van der Waals surface area contributed by atoms with E-state index in [4.69, 9.17) is 18.5 Å². The van der Waals surface area contributed by atoms with Gasteiger partial charge in [0.15, 0.2) is 0 Å². The van der Waals surface area contributed by atoms with Crippen LogP contribution < -0.4 is 4.89 Å². The van der Waals surface area contributed by atoms with Gasteiger partial charge in [-0.1, -0.05) is 197 Å². The Kier molecular flexibility index (Phi) is 46.3. The lowest BCUT2D eigenvalue weighted by Crippen LogP contribution is -2.37. The van der Waals surface area contributed by atoms with Crippen LogP contribution in [0.25, 0.3) is 0 Å². The van der Waals surface area contributed by atoms with Gasteiger partial charge in [-0.05, 0) is 83.5 Å². The Morgan fingerprint density at radius 2 is 0.859 bits per heavy atom. The first-order valence-electron chi connectivity index (χ1n) is 26.5. The summed E-state index contributed by atoms with van der Waals surface area (Å²) < 4.78 is 34.8. The quantitative estimate of drug-likeness (QED) is 0.0197. The third kappa shape index (κ3) is 51.2. The number of hydrogen-bond acceptors (Lipinski definition) is 7. The Morgan fingerprint density at radius 3 is 1.30 bits per heavy atom. The number of phosphoric acid groups is 1. The Morgan fingerprint density at radius 1 is 0.484 bits per heavy atom. The number of allylic oxidation sites excluding steroid dienone is 10. The summed E-state index contributed by atoms with van der Waals surface area (Å²) in [6.45, 7) is 5.38. The number of esters is 1. The van der Waals surface area contributed by atoms with E-state index in [-0.39, 0.29) is 25.8 Å². The van der Waals surface area contributed by atoms with E-state index in [1.54, 1.807) is 0 Å². The van der Waals surface area contributed by atoms with Crippen LogP contribution in [-0.2, 0) is 27.9 Å². The summed E-state index contributed by atoms with van der Waals surface area (Å²) in [5.74, 6) is -0.343. The van der Waals surface area contributed by atoms with Gasteiger partial charge in [-0.25, -0.2) is 0 Å². The van der Waals surface area contributed by atoms with E-state index in [0.29, 0.717) is 24.1 Å². The van der Waals surface area contributed by atoms with E-state index >= 15 is 0 Å². The molecule has 0 radical (unpaired) electrons. The lowest BCUT2D eigenvalue weighted by atomic mass is 10.1. The smallest absolute Gasteiger partial charge is 0.306 e. The van der Waals surface area contributed by atoms with E-state index in [1.807, 2.05) is 21.1 Å². The van der Waals surface area contributed by atoms with Gasteiger partial charge in [0.2, 0.25) is 0 Å². The molecule has 0 fully saturated rings. The highest BCUT2D eigenvalue weighted by molar-refractivity contribution is 7.45. The minimum absolute atomic E-state index is 0.0211. The molecule has 2 atom stereocenters. The predicted octanol–water partition coefficient (Wildman–Crippen LogP) is 15.8. The molecule has 0 aromatic rings. The second-order valence-corrected chi connectivity index (χ2v) is 20.3. The van der Waals surface area contributed by atoms with E-state index in [2.05, 4.69) is 74.6 Å². The van der Waals surface area contributed by atoms with Crippen molar-refractivity contribution in [2.75, 3.05) is 54.1 Å². The zero-order valence-corrected chi connectivity index (χ0v) is 43.4. The molecular formula is C55H102NO7P. The standard InChI is InChI=1S/C55H102NO7P/c1-6-8-10-12-14-16-18-20-22-24-26-27-28-29-30-32-34-36-38-40-42-44-46-48-55(57)63-54(53-62-64(58,59)61-51-49-56(3,4)5)52-60-50-47-45-43-41-39-37-35-33-31-25-23-21-19-17-15-13-11-9-7-2/h17-20,23-26,28-29,54H,6-16,21-22,27,30-53H2,1-5H3/b19-17-,20-18-,25-23-,26-24-,29-28-. The molecule has 8 nitrogen and oxygen atoms in total. The Bertz CT molecular complexity index is 1210. The van der Waals surface area contributed by atoms with Crippen LogP contribution >= 0.6 is 7.82 Å². The van der Waals surface area contributed by atoms with Gasteiger partial charge in [-0.3, -0.25) is 9.36 Å². The summed E-state index contributed by atoms with van der Waals surface area (Å²) in [5.41, 5.74) is 0. The molecule has 0 saturated carbocycles. The van der Waals surface area contributed by atoms with Crippen molar-refractivity contribution < 1.29 is 37.3 Å². The molecule has 0 spiro atoms. The third-order valence-corrected chi connectivity index (χ3v) is 12.3. The molecule has 0 rings (SSSR count). The lowest BCUT2D eigenvalue weighted by molar-refractivity contribution is -0.870. The molecule has 0 N–H and O–H groups in total. The molecule has 0 amide bonds. The third-order valence-electron chi connectivity index (χ3n) is 11.3. The molecule has 0 bridgehead atoms. The predicted molar refractivity (Wildman–Crippen MR) is 273 cm³/mol. The van der Waals surface area contributed by atoms with Crippen LogP contribution in [0.5, 0.6) is 0 Å². The minimum Gasteiger partial charge on any atom is -0.756 e. The zero-order valence-electron chi connectivity index (χ0n) is 42.5. The summed E-state index contributed by atoms with van der Waals surface area (Å²) in [6, 6.07) is 0. The zero-order chi connectivity index (χ0) is 46.9. The van der Waals surface area contributed by atoms with Crippen LogP contribution in [0.3, 0.4) is 0 Å². The molecule has 374 valence electrons. The fourth-order valence-electron chi connectivity index (χ4n) is 7.17. The van der Waals surface area contributed by atoms with Crippen molar-refractivity contribution in [1.82, 2.24) is 0 Å². The highest BCUT2D eigenvalue weighted by Crippen LogP contribution is 2.38. The van der Waals surface area contributed by atoms with Gasteiger partial charge >= 0.3 is 5.97 Å². The molecule has 0 aliphatic carbocycles. The number of carbonyl (C=O) groups is 1. The van der Waals surface area contributed by atoms with Crippen molar-refractivity contribution in [2.24, 2.45) is 0 Å². The van der Waals surface area contributed by atoms with Crippen LogP contribution in [0.15, 0.2) is 60.8 Å². The van der Waals surface area contributed by atoms with Crippen LogP contribution in [0, 0.1) is 0 Å². The van der Waals surface area contributed by atoms with Gasteiger partial charge in [0.1, 0.15) is 19.3 Å². The van der Waals surface area contributed by atoms with E-state index < -0.39 is 13.9 Å². The van der Waals surface area contributed by atoms with Crippen molar-refractivity contribution in [3.05, 3.63) is 60.8 Å². The summed E-state index contributed by atoms with van der Waals surface area (Å²) >= 11 is 0. The number of unbranched alkanes of at least 4 members (excludes halogenated alkanes) is 25. The first-order valence-corrected chi connectivity index (χ1v) is 28.0. The molecular weight excluding hydrogens is 818 g/mol. The summed E-state index contributed by atoms with van der Waals surface area (Å²) in [6.07, 6.45) is 61.0. The van der Waals surface area contributed by atoms with Crippen molar-refractivity contribution >= 4 is 13.8 Å². The van der Waals surface area contributed by atoms with Crippen LogP contribution in [0.1, 0.15) is 226 Å². The number of rotatable bonds is 49. The maximum Gasteiger partial charge on any atom is 0.306 e.